The highest BCUT2D eigenvalue weighted by Gasteiger charge is 2.33. The van der Waals surface area contributed by atoms with E-state index in [2.05, 4.69) is 18.8 Å². The molecule has 0 unspecified atom stereocenters. The van der Waals surface area contributed by atoms with Crippen LogP contribution in [0.3, 0.4) is 0 Å². The van der Waals surface area contributed by atoms with Crippen LogP contribution in [0.1, 0.15) is 26.7 Å². The Labute approximate surface area is 108 Å². The third kappa shape index (κ3) is 2.49. The maximum atomic E-state index is 12.4. The zero-order chi connectivity index (χ0) is 13.4. The summed E-state index contributed by atoms with van der Waals surface area (Å²) in [6, 6.07) is 1.51. The van der Waals surface area contributed by atoms with Crippen molar-refractivity contribution in [3.05, 3.63) is 18.5 Å². The van der Waals surface area contributed by atoms with Crippen LogP contribution in [0.25, 0.3) is 0 Å². The molecule has 6 heteroatoms. The second-order valence-electron chi connectivity index (χ2n) is 5.48. The topological polar surface area (TPSA) is 76.3 Å². The summed E-state index contributed by atoms with van der Waals surface area (Å²) in [7, 11) is -3.50. The van der Waals surface area contributed by atoms with Crippen molar-refractivity contribution < 1.29 is 8.42 Å². The van der Waals surface area contributed by atoms with E-state index in [0.717, 1.165) is 12.8 Å². The van der Waals surface area contributed by atoms with Crippen molar-refractivity contribution in [1.82, 2.24) is 9.29 Å². The summed E-state index contributed by atoms with van der Waals surface area (Å²) in [5.41, 5.74) is 6.19. The molecule has 0 aliphatic carbocycles. The van der Waals surface area contributed by atoms with Crippen LogP contribution in [-0.2, 0) is 10.0 Å². The molecule has 2 rings (SSSR count). The van der Waals surface area contributed by atoms with E-state index in [-0.39, 0.29) is 16.0 Å². The number of hydrogen-bond donors (Lipinski definition) is 1. The standard InChI is InChI=1S/C12H19N3O2S/c1-12(2)4-7-15(8-5-12)18(16,17)11-9-14-6-3-10(11)13/h3,6,9H,4-5,7-8H2,1-2H3,(H2,13,14). The average Bonchev–Trinajstić information content (AvgIpc) is 2.28. The first-order valence-corrected chi connectivity index (χ1v) is 7.47. The van der Waals surface area contributed by atoms with Crippen LogP contribution < -0.4 is 5.73 Å². The maximum Gasteiger partial charge on any atom is 0.246 e. The van der Waals surface area contributed by atoms with Gasteiger partial charge in [-0.15, -0.1) is 0 Å². The van der Waals surface area contributed by atoms with E-state index in [1.807, 2.05) is 0 Å². The predicted octanol–water partition coefficient (Wildman–Crippen LogP) is 1.47. The molecular weight excluding hydrogens is 250 g/mol. The molecule has 1 aliphatic heterocycles. The van der Waals surface area contributed by atoms with E-state index in [1.165, 1.54) is 22.8 Å². The lowest BCUT2D eigenvalue weighted by Gasteiger charge is -2.36. The van der Waals surface area contributed by atoms with E-state index in [9.17, 15) is 8.42 Å². The molecule has 1 aliphatic rings. The van der Waals surface area contributed by atoms with E-state index in [0.29, 0.717) is 13.1 Å². The zero-order valence-electron chi connectivity index (χ0n) is 10.8. The van der Waals surface area contributed by atoms with E-state index < -0.39 is 10.0 Å². The van der Waals surface area contributed by atoms with Gasteiger partial charge in [-0.1, -0.05) is 13.8 Å². The van der Waals surface area contributed by atoms with Crippen molar-refractivity contribution in [2.75, 3.05) is 18.8 Å². The first-order chi connectivity index (χ1) is 8.33. The Kier molecular flexibility index (Phi) is 3.33. The monoisotopic (exact) mass is 269 g/mol. The molecule has 1 aromatic heterocycles. The van der Waals surface area contributed by atoms with E-state index in [4.69, 9.17) is 5.73 Å². The number of sulfonamides is 1. The summed E-state index contributed by atoms with van der Waals surface area (Å²) in [5, 5.41) is 0. The van der Waals surface area contributed by atoms with Gasteiger partial charge < -0.3 is 5.73 Å². The van der Waals surface area contributed by atoms with Crippen LogP contribution in [-0.4, -0.2) is 30.8 Å². The summed E-state index contributed by atoms with van der Waals surface area (Å²) < 4.78 is 26.4. The van der Waals surface area contributed by atoms with Gasteiger partial charge in [-0.3, -0.25) is 4.98 Å². The fraction of sp³-hybridized carbons (Fsp3) is 0.583. The highest BCUT2D eigenvalue weighted by Crippen LogP contribution is 2.33. The summed E-state index contributed by atoms with van der Waals surface area (Å²) >= 11 is 0. The first-order valence-electron chi connectivity index (χ1n) is 6.03. The SMILES string of the molecule is CC1(C)CCN(S(=O)(=O)c2cnccc2N)CC1. The van der Waals surface area contributed by atoms with Gasteiger partial charge in [0, 0.05) is 25.5 Å². The molecular formula is C12H19N3O2S. The number of pyridine rings is 1. The second-order valence-corrected chi connectivity index (χ2v) is 7.39. The predicted molar refractivity (Wildman–Crippen MR) is 70.4 cm³/mol. The number of nitrogens with two attached hydrogens (primary N) is 1. The molecule has 0 spiro atoms. The molecule has 5 nitrogen and oxygen atoms in total. The summed E-state index contributed by atoms with van der Waals surface area (Å²) in [4.78, 5) is 3.96. The lowest BCUT2D eigenvalue weighted by atomic mass is 9.83. The molecule has 1 fully saturated rings. The van der Waals surface area contributed by atoms with Crippen molar-refractivity contribution in [3.8, 4) is 0 Å². The minimum Gasteiger partial charge on any atom is -0.398 e. The Morgan fingerprint density at radius 2 is 1.94 bits per heavy atom. The van der Waals surface area contributed by atoms with E-state index in [1.54, 1.807) is 0 Å². The first kappa shape index (κ1) is 13.3. The molecule has 2 heterocycles. The molecule has 0 aromatic carbocycles. The van der Waals surface area contributed by atoms with Gasteiger partial charge in [0.15, 0.2) is 0 Å². The Morgan fingerprint density at radius 1 is 1.33 bits per heavy atom. The molecule has 100 valence electrons. The molecule has 0 saturated carbocycles. The van der Waals surface area contributed by atoms with Crippen molar-refractivity contribution >= 4 is 15.7 Å². The fourth-order valence-corrected chi connectivity index (χ4v) is 3.58. The molecule has 0 radical (unpaired) electrons. The zero-order valence-corrected chi connectivity index (χ0v) is 11.6. The second kappa shape index (κ2) is 4.51. The van der Waals surface area contributed by atoms with Crippen molar-refractivity contribution in [2.24, 2.45) is 5.41 Å². The highest BCUT2D eigenvalue weighted by atomic mass is 32.2. The third-order valence-electron chi connectivity index (χ3n) is 3.51. The summed E-state index contributed by atoms with van der Waals surface area (Å²) in [5.74, 6) is 0. The van der Waals surface area contributed by atoms with Crippen molar-refractivity contribution in [1.29, 1.82) is 0 Å². The van der Waals surface area contributed by atoms with Crippen LogP contribution in [0.15, 0.2) is 23.4 Å². The number of aromatic nitrogens is 1. The maximum absolute atomic E-state index is 12.4. The molecule has 18 heavy (non-hydrogen) atoms. The molecule has 0 atom stereocenters. The third-order valence-corrected chi connectivity index (χ3v) is 5.45. The number of piperidine rings is 1. The Hall–Kier alpha value is -1.14. The Morgan fingerprint density at radius 3 is 2.50 bits per heavy atom. The normalized spacial score (nSPS) is 20.8. The van der Waals surface area contributed by atoms with Crippen molar-refractivity contribution in [2.45, 2.75) is 31.6 Å². The lowest BCUT2D eigenvalue weighted by Crippen LogP contribution is -2.41. The van der Waals surface area contributed by atoms with Crippen LogP contribution in [0.5, 0.6) is 0 Å². The highest BCUT2D eigenvalue weighted by molar-refractivity contribution is 7.89. The lowest BCUT2D eigenvalue weighted by molar-refractivity contribution is 0.196. The molecule has 1 aromatic rings. The van der Waals surface area contributed by atoms with Crippen LogP contribution >= 0.6 is 0 Å². The van der Waals surface area contributed by atoms with Gasteiger partial charge in [0.25, 0.3) is 0 Å². The smallest absolute Gasteiger partial charge is 0.246 e. The number of nitrogens with zero attached hydrogens (tertiary/aromatic N) is 2. The van der Waals surface area contributed by atoms with Crippen LogP contribution in [0.2, 0.25) is 0 Å². The average molecular weight is 269 g/mol. The van der Waals surface area contributed by atoms with Gasteiger partial charge >= 0.3 is 0 Å². The van der Waals surface area contributed by atoms with Gasteiger partial charge in [-0.05, 0) is 24.3 Å². The number of nitrogen functional groups attached to an aromatic ring is 1. The van der Waals surface area contributed by atoms with Gasteiger partial charge in [-0.2, -0.15) is 4.31 Å². The van der Waals surface area contributed by atoms with Gasteiger partial charge in [0.1, 0.15) is 4.90 Å². The fourth-order valence-electron chi connectivity index (χ4n) is 2.08. The number of hydrogen-bond acceptors (Lipinski definition) is 4. The van der Waals surface area contributed by atoms with Gasteiger partial charge in [-0.25, -0.2) is 8.42 Å². The largest absolute Gasteiger partial charge is 0.398 e. The van der Waals surface area contributed by atoms with Gasteiger partial charge in [0.05, 0.1) is 5.69 Å². The minimum absolute atomic E-state index is 0.115. The molecule has 2 N–H and O–H groups in total. The summed E-state index contributed by atoms with van der Waals surface area (Å²) in [6.07, 6.45) is 4.55. The Bertz CT molecular complexity index is 530. The molecule has 0 bridgehead atoms. The van der Waals surface area contributed by atoms with Crippen LogP contribution in [0, 0.1) is 5.41 Å². The summed E-state index contributed by atoms with van der Waals surface area (Å²) in [6.45, 7) is 5.41. The Balaban J connectivity index is 2.26. The number of anilines is 1. The van der Waals surface area contributed by atoms with Gasteiger partial charge in [0.2, 0.25) is 10.0 Å². The number of rotatable bonds is 2. The van der Waals surface area contributed by atoms with Crippen molar-refractivity contribution in [3.63, 3.8) is 0 Å². The minimum atomic E-state index is -3.50. The molecule has 0 amide bonds. The van der Waals surface area contributed by atoms with E-state index >= 15 is 0 Å². The quantitative estimate of drug-likeness (QED) is 0.882. The molecule has 1 saturated heterocycles. The van der Waals surface area contributed by atoms with Crippen LogP contribution in [0.4, 0.5) is 5.69 Å².